The van der Waals surface area contributed by atoms with Crippen LogP contribution in [0.5, 0.6) is 0 Å². The minimum atomic E-state index is -1.12. The van der Waals surface area contributed by atoms with Crippen molar-refractivity contribution in [2.45, 2.75) is 33.1 Å². The Bertz CT molecular complexity index is 440. The fraction of sp³-hybridized carbons (Fsp3) is 0.467. The first-order valence-corrected chi connectivity index (χ1v) is 6.55. The number of ether oxygens (including phenoxy) is 1. The molecule has 0 bridgehead atoms. The molecule has 104 valence electrons. The summed E-state index contributed by atoms with van der Waals surface area (Å²) in [5.74, 6) is -1.18. The maximum atomic E-state index is 11.8. The molecule has 0 spiro atoms. The van der Waals surface area contributed by atoms with Gasteiger partial charge in [-0.05, 0) is 24.5 Å². The topological polar surface area (TPSA) is 63.6 Å². The maximum Gasteiger partial charge on any atom is 0.339 e. The van der Waals surface area contributed by atoms with Gasteiger partial charge in [0, 0.05) is 0 Å². The van der Waals surface area contributed by atoms with Gasteiger partial charge in [-0.1, -0.05) is 38.8 Å². The average Bonchev–Trinajstić information content (AvgIpc) is 2.38. The van der Waals surface area contributed by atoms with E-state index >= 15 is 0 Å². The summed E-state index contributed by atoms with van der Waals surface area (Å²) in [5, 5.41) is 8.99. The number of carbonyl (C=O) groups is 2. The molecule has 4 nitrogen and oxygen atoms in total. The van der Waals surface area contributed by atoms with E-state index in [1.807, 2.05) is 0 Å². The highest BCUT2D eigenvalue weighted by atomic mass is 16.5. The summed E-state index contributed by atoms with van der Waals surface area (Å²) >= 11 is 0. The van der Waals surface area contributed by atoms with E-state index in [9.17, 15) is 9.59 Å². The van der Waals surface area contributed by atoms with Gasteiger partial charge in [0.05, 0.1) is 17.7 Å². The van der Waals surface area contributed by atoms with Gasteiger partial charge in [-0.2, -0.15) is 0 Å². The van der Waals surface area contributed by atoms with E-state index in [0.29, 0.717) is 12.5 Å². The molecule has 0 fully saturated rings. The second-order valence-electron chi connectivity index (χ2n) is 4.67. The lowest BCUT2D eigenvalue weighted by atomic mass is 10.0. The molecule has 0 aromatic heterocycles. The van der Waals surface area contributed by atoms with Gasteiger partial charge in [-0.25, -0.2) is 9.59 Å². The van der Waals surface area contributed by atoms with Crippen molar-refractivity contribution in [3.05, 3.63) is 35.4 Å². The zero-order chi connectivity index (χ0) is 14.3. The fourth-order valence-electron chi connectivity index (χ4n) is 1.92. The van der Waals surface area contributed by atoms with E-state index in [4.69, 9.17) is 9.84 Å². The molecule has 0 saturated carbocycles. The summed E-state index contributed by atoms with van der Waals surface area (Å²) in [5.41, 5.74) is 0.0900. The van der Waals surface area contributed by atoms with E-state index < -0.39 is 11.9 Å². The molecule has 0 amide bonds. The Hall–Kier alpha value is -1.84. The molecule has 0 aliphatic carbocycles. The van der Waals surface area contributed by atoms with Crippen molar-refractivity contribution in [1.82, 2.24) is 0 Å². The monoisotopic (exact) mass is 264 g/mol. The van der Waals surface area contributed by atoms with Crippen molar-refractivity contribution in [3.63, 3.8) is 0 Å². The first-order valence-electron chi connectivity index (χ1n) is 6.55. The number of esters is 1. The van der Waals surface area contributed by atoms with Gasteiger partial charge in [-0.15, -0.1) is 0 Å². The smallest absolute Gasteiger partial charge is 0.339 e. The van der Waals surface area contributed by atoms with Crippen LogP contribution >= 0.6 is 0 Å². The normalized spacial score (nSPS) is 11.9. The molecular weight excluding hydrogens is 244 g/mol. The first kappa shape index (κ1) is 15.2. The molecule has 1 unspecified atom stereocenters. The van der Waals surface area contributed by atoms with Crippen LogP contribution in [0.4, 0.5) is 0 Å². The largest absolute Gasteiger partial charge is 0.478 e. The Morgan fingerprint density at radius 1 is 1.21 bits per heavy atom. The summed E-state index contributed by atoms with van der Waals surface area (Å²) < 4.78 is 5.13. The molecular formula is C15H20O4. The molecule has 0 radical (unpaired) electrons. The van der Waals surface area contributed by atoms with E-state index in [2.05, 4.69) is 13.8 Å². The minimum Gasteiger partial charge on any atom is -0.478 e. The highest BCUT2D eigenvalue weighted by Gasteiger charge is 2.16. The third-order valence-electron chi connectivity index (χ3n) is 3.00. The molecule has 0 aliphatic heterocycles. The standard InChI is InChI=1S/C15H20O4/c1-3-6-11(2)9-10-19-15(18)13-8-5-4-7-12(13)14(16)17/h4-5,7-8,11H,3,6,9-10H2,1-2H3,(H,16,17). The van der Waals surface area contributed by atoms with Crippen molar-refractivity contribution >= 4 is 11.9 Å². The molecule has 1 aromatic carbocycles. The molecule has 1 atom stereocenters. The molecule has 19 heavy (non-hydrogen) atoms. The van der Waals surface area contributed by atoms with Crippen molar-refractivity contribution in [1.29, 1.82) is 0 Å². The maximum absolute atomic E-state index is 11.8. The number of carboxylic acid groups (broad SMARTS) is 1. The zero-order valence-electron chi connectivity index (χ0n) is 11.4. The summed E-state index contributed by atoms with van der Waals surface area (Å²) in [6.07, 6.45) is 3.01. The lowest BCUT2D eigenvalue weighted by Crippen LogP contribution is -2.13. The number of carbonyl (C=O) groups excluding carboxylic acids is 1. The predicted molar refractivity (Wildman–Crippen MR) is 72.4 cm³/mol. The van der Waals surface area contributed by atoms with Crippen LogP contribution in [0.25, 0.3) is 0 Å². The van der Waals surface area contributed by atoms with Gasteiger partial charge >= 0.3 is 11.9 Å². The van der Waals surface area contributed by atoms with Crippen LogP contribution in [0.1, 0.15) is 53.8 Å². The number of hydrogen-bond acceptors (Lipinski definition) is 3. The van der Waals surface area contributed by atoms with Crippen molar-refractivity contribution in [2.24, 2.45) is 5.92 Å². The zero-order valence-corrected chi connectivity index (χ0v) is 11.4. The summed E-state index contributed by atoms with van der Waals surface area (Å²) in [4.78, 5) is 22.8. The predicted octanol–water partition coefficient (Wildman–Crippen LogP) is 3.37. The molecule has 4 heteroatoms. The summed E-state index contributed by atoms with van der Waals surface area (Å²) in [6.45, 7) is 4.56. The number of aromatic carboxylic acids is 1. The van der Waals surface area contributed by atoms with Gasteiger partial charge in [0.1, 0.15) is 0 Å². The Kier molecular flexibility index (Phi) is 6.06. The molecule has 0 heterocycles. The molecule has 0 aliphatic rings. The van der Waals surface area contributed by atoms with Crippen LogP contribution in [0, 0.1) is 5.92 Å². The first-order chi connectivity index (χ1) is 9.06. The van der Waals surface area contributed by atoms with E-state index in [1.54, 1.807) is 12.1 Å². The molecule has 1 rings (SSSR count). The molecule has 1 N–H and O–H groups in total. The fourth-order valence-corrected chi connectivity index (χ4v) is 1.92. The Morgan fingerprint density at radius 2 is 1.84 bits per heavy atom. The summed E-state index contributed by atoms with van der Waals surface area (Å²) in [6, 6.07) is 6.09. The molecule has 1 aromatic rings. The quantitative estimate of drug-likeness (QED) is 0.767. The minimum absolute atomic E-state index is 0.0193. The molecule has 0 saturated heterocycles. The van der Waals surface area contributed by atoms with Gasteiger partial charge < -0.3 is 9.84 Å². The number of carboxylic acids is 1. The van der Waals surface area contributed by atoms with Crippen molar-refractivity contribution < 1.29 is 19.4 Å². The van der Waals surface area contributed by atoms with Crippen LogP contribution in [0.15, 0.2) is 24.3 Å². The SMILES string of the molecule is CCCC(C)CCOC(=O)c1ccccc1C(=O)O. The second kappa shape index (κ2) is 7.56. The lowest BCUT2D eigenvalue weighted by Gasteiger charge is -2.11. The van der Waals surface area contributed by atoms with Crippen LogP contribution in [0.3, 0.4) is 0 Å². The number of rotatable bonds is 7. The highest BCUT2D eigenvalue weighted by Crippen LogP contribution is 2.13. The van der Waals surface area contributed by atoms with Crippen LogP contribution in [0.2, 0.25) is 0 Å². The Labute approximate surface area is 113 Å². The third kappa shape index (κ3) is 4.73. The number of hydrogen-bond donors (Lipinski definition) is 1. The van der Waals surface area contributed by atoms with Gasteiger partial charge in [-0.3, -0.25) is 0 Å². The van der Waals surface area contributed by atoms with Crippen molar-refractivity contribution in [3.8, 4) is 0 Å². The van der Waals surface area contributed by atoms with Gasteiger partial charge in [0.2, 0.25) is 0 Å². The van der Waals surface area contributed by atoms with Gasteiger partial charge in [0.25, 0.3) is 0 Å². The third-order valence-corrected chi connectivity index (χ3v) is 3.00. The lowest BCUT2D eigenvalue weighted by molar-refractivity contribution is 0.0474. The highest BCUT2D eigenvalue weighted by molar-refractivity contribution is 6.02. The average molecular weight is 264 g/mol. The van der Waals surface area contributed by atoms with Crippen molar-refractivity contribution in [2.75, 3.05) is 6.61 Å². The van der Waals surface area contributed by atoms with E-state index in [-0.39, 0.29) is 11.1 Å². The Morgan fingerprint density at radius 3 is 2.42 bits per heavy atom. The second-order valence-corrected chi connectivity index (χ2v) is 4.67. The Balaban J connectivity index is 2.57. The summed E-state index contributed by atoms with van der Waals surface area (Å²) in [7, 11) is 0. The van der Waals surface area contributed by atoms with Crippen LogP contribution in [-0.4, -0.2) is 23.7 Å². The van der Waals surface area contributed by atoms with E-state index in [1.165, 1.54) is 12.1 Å². The van der Waals surface area contributed by atoms with Crippen LogP contribution < -0.4 is 0 Å². The van der Waals surface area contributed by atoms with Gasteiger partial charge in [0.15, 0.2) is 0 Å². The van der Waals surface area contributed by atoms with E-state index in [0.717, 1.165) is 19.3 Å². The van der Waals surface area contributed by atoms with Crippen LogP contribution in [-0.2, 0) is 4.74 Å². The number of benzene rings is 1.